The Bertz CT molecular complexity index is 411. The Labute approximate surface area is 122 Å². The van der Waals surface area contributed by atoms with E-state index in [0.29, 0.717) is 12.0 Å². The fourth-order valence-corrected chi connectivity index (χ4v) is 2.43. The summed E-state index contributed by atoms with van der Waals surface area (Å²) in [5.74, 6) is 1.69. The molecule has 1 aromatic rings. The van der Waals surface area contributed by atoms with Gasteiger partial charge in [-0.2, -0.15) is 0 Å². The maximum atomic E-state index is 6.18. The molecule has 0 spiro atoms. The molecule has 0 atom stereocenters. The van der Waals surface area contributed by atoms with Crippen molar-refractivity contribution in [2.75, 3.05) is 19.8 Å². The topological polar surface area (TPSA) is 30.5 Å². The standard InChI is InChI=1S/C17H27NO2/c1-13(2)11-18-12-15-10-14(3)4-5-17(15)20-16-6-8-19-9-7-16/h4-5,10,13,16,18H,6-9,11-12H2,1-3H3. The second kappa shape index (κ2) is 7.65. The molecule has 0 radical (unpaired) electrons. The number of rotatable bonds is 6. The Hall–Kier alpha value is -1.06. The average Bonchev–Trinajstić information content (AvgIpc) is 2.42. The fraction of sp³-hybridized carbons (Fsp3) is 0.647. The summed E-state index contributed by atoms with van der Waals surface area (Å²) in [5, 5.41) is 3.50. The first-order chi connectivity index (χ1) is 9.65. The largest absolute Gasteiger partial charge is 0.490 e. The molecule has 1 aliphatic rings. The third-order valence-electron chi connectivity index (χ3n) is 3.55. The first kappa shape index (κ1) is 15.3. The van der Waals surface area contributed by atoms with Crippen LogP contribution in [0.15, 0.2) is 18.2 Å². The molecule has 0 saturated carbocycles. The molecule has 112 valence electrons. The van der Waals surface area contributed by atoms with Gasteiger partial charge in [0.25, 0.3) is 0 Å². The predicted molar refractivity (Wildman–Crippen MR) is 82.2 cm³/mol. The maximum absolute atomic E-state index is 6.18. The quantitative estimate of drug-likeness (QED) is 0.865. The highest BCUT2D eigenvalue weighted by atomic mass is 16.5. The molecule has 1 heterocycles. The molecule has 0 amide bonds. The lowest BCUT2D eigenvalue weighted by Gasteiger charge is -2.25. The summed E-state index contributed by atoms with van der Waals surface area (Å²) in [6.45, 7) is 10.1. The van der Waals surface area contributed by atoms with Gasteiger partial charge in [-0.25, -0.2) is 0 Å². The number of ether oxygens (including phenoxy) is 2. The summed E-state index contributed by atoms with van der Waals surface area (Å²) in [7, 11) is 0. The van der Waals surface area contributed by atoms with Crippen LogP contribution in [0.1, 0.15) is 37.8 Å². The van der Waals surface area contributed by atoms with E-state index in [0.717, 1.165) is 44.9 Å². The van der Waals surface area contributed by atoms with E-state index in [1.54, 1.807) is 0 Å². The van der Waals surface area contributed by atoms with E-state index < -0.39 is 0 Å². The molecule has 1 N–H and O–H groups in total. The minimum atomic E-state index is 0.301. The van der Waals surface area contributed by atoms with Crippen molar-refractivity contribution >= 4 is 0 Å². The molecule has 0 aliphatic carbocycles. The number of hydrogen-bond donors (Lipinski definition) is 1. The Kier molecular flexibility index (Phi) is 5.86. The number of aryl methyl sites for hydroxylation is 1. The Morgan fingerprint density at radius 3 is 2.75 bits per heavy atom. The second-order valence-electron chi connectivity index (χ2n) is 6.07. The Morgan fingerprint density at radius 2 is 2.05 bits per heavy atom. The molecule has 3 nitrogen and oxygen atoms in total. The van der Waals surface area contributed by atoms with Gasteiger partial charge < -0.3 is 14.8 Å². The van der Waals surface area contributed by atoms with Crippen molar-refractivity contribution in [1.29, 1.82) is 0 Å². The molecule has 2 rings (SSSR count). The van der Waals surface area contributed by atoms with Crippen LogP contribution in [0.3, 0.4) is 0 Å². The number of nitrogens with one attached hydrogen (secondary N) is 1. The molecule has 0 unspecified atom stereocenters. The highest BCUT2D eigenvalue weighted by molar-refractivity contribution is 5.37. The molecule has 20 heavy (non-hydrogen) atoms. The van der Waals surface area contributed by atoms with E-state index in [4.69, 9.17) is 9.47 Å². The third-order valence-corrected chi connectivity index (χ3v) is 3.55. The summed E-state index contributed by atoms with van der Waals surface area (Å²) in [6.07, 6.45) is 2.29. The van der Waals surface area contributed by atoms with E-state index in [1.165, 1.54) is 11.1 Å². The molecule has 0 aromatic heterocycles. The average molecular weight is 277 g/mol. The minimum absolute atomic E-state index is 0.301. The maximum Gasteiger partial charge on any atom is 0.124 e. The zero-order valence-electron chi connectivity index (χ0n) is 12.9. The molecule has 1 saturated heterocycles. The molecule has 1 aliphatic heterocycles. The van der Waals surface area contributed by atoms with E-state index in [9.17, 15) is 0 Å². The van der Waals surface area contributed by atoms with Crippen LogP contribution in [-0.4, -0.2) is 25.9 Å². The van der Waals surface area contributed by atoms with Crippen LogP contribution < -0.4 is 10.1 Å². The normalized spacial score (nSPS) is 16.6. The van der Waals surface area contributed by atoms with E-state index >= 15 is 0 Å². The van der Waals surface area contributed by atoms with Crippen molar-refractivity contribution in [3.63, 3.8) is 0 Å². The summed E-state index contributed by atoms with van der Waals surface area (Å²) < 4.78 is 11.6. The predicted octanol–water partition coefficient (Wildman–Crippen LogP) is 3.30. The summed E-state index contributed by atoms with van der Waals surface area (Å²) in [6, 6.07) is 6.46. The van der Waals surface area contributed by atoms with Crippen molar-refractivity contribution in [3.8, 4) is 5.75 Å². The van der Waals surface area contributed by atoms with Gasteiger partial charge >= 0.3 is 0 Å². The van der Waals surface area contributed by atoms with Crippen LogP contribution in [0.4, 0.5) is 0 Å². The Balaban J connectivity index is 1.98. The zero-order chi connectivity index (χ0) is 14.4. The SMILES string of the molecule is Cc1ccc(OC2CCOCC2)c(CNCC(C)C)c1. The van der Waals surface area contributed by atoms with Crippen molar-refractivity contribution in [1.82, 2.24) is 5.32 Å². The number of benzene rings is 1. The van der Waals surface area contributed by atoms with Gasteiger partial charge in [0, 0.05) is 24.9 Å². The third kappa shape index (κ3) is 4.80. The first-order valence-corrected chi connectivity index (χ1v) is 7.70. The molecule has 1 fully saturated rings. The smallest absolute Gasteiger partial charge is 0.124 e. The minimum Gasteiger partial charge on any atom is -0.490 e. The van der Waals surface area contributed by atoms with E-state index in [1.807, 2.05) is 0 Å². The van der Waals surface area contributed by atoms with Gasteiger partial charge in [-0.3, -0.25) is 0 Å². The van der Waals surface area contributed by atoms with Gasteiger partial charge in [0.2, 0.25) is 0 Å². The molecule has 1 aromatic carbocycles. The van der Waals surface area contributed by atoms with Gasteiger partial charge in [-0.05, 0) is 25.5 Å². The highest BCUT2D eigenvalue weighted by Crippen LogP contribution is 2.24. The number of hydrogen-bond acceptors (Lipinski definition) is 3. The van der Waals surface area contributed by atoms with E-state index in [2.05, 4.69) is 44.3 Å². The van der Waals surface area contributed by atoms with Gasteiger partial charge in [0.1, 0.15) is 11.9 Å². The van der Waals surface area contributed by atoms with Gasteiger partial charge in [0.05, 0.1) is 13.2 Å². The van der Waals surface area contributed by atoms with Gasteiger partial charge in [-0.1, -0.05) is 31.5 Å². The molecular formula is C17H27NO2. The highest BCUT2D eigenvalue weighted by Gasteiger charge is 2.16. The molecule has 0 bridgehead atoms. The fourth-order valence-electron chi connectivity index (χ4n) is 2.43. The lowest BCUT2D eigenvalue weighted by Crippen LogP contribution is -2.27. The summed E-state index contributed by atoms with van der Waals surface area (Å²) in [5.41, 5.74) is 2.54. The zero-order valence-corrected chi connectivity index (χ0v) is 12.9. The van der Waals surface area contributed by atoms with Crippen molar-refractivity contribution in [3.05, 3.63) is 29.3 Å². The molecule has 3 heteroatoms. The van der Waals surface area contributed by atoms with Crippen LogP contribution in [0.5, 0.6) is 5.75 Å². The van der Waals surface area contributed by atoms with Gasteiger partial charge in [0.15, 0.2) is 0 Å². The van der Waals surface area contributed by atoms with Crippen LogP contribution in [0.25, 0.3) is 0 Å². The Morgan fingerprint density at radius 1 is 1.30 bits per heavy atom. The van der Waals surface area contributed by atoms with Crippen molar-refractivity contribution < 1.29 is 9.47 Å². The molecular weight excluding hydrogens is 250 g/mol. The summed E-state index contributed by atoms with van der Waals surface area (Å²) in [4.78, 5) is 0. The lowest BCUT2D eigenvalue weighted by molar-refractivity contribution is 0.0251. The van der Waals surface area contributed by atoms with Crippen LogP contribution >= 0.6 is 0 Å². The van der Waals surface area contributed by atoms with Crippen molar-refractivity contribution in [2.45, 2.75) is 46.3 Å². The van der Waals surface area contributed by atoms with Crippen LogP contribution in [0.2, 0.25) is 0 Å². The second-order valence-corrected chi connectivity index (χ2v) is 6.07. The summed E-state index contributed by atoms with van der Waals surface area (Å²) >= 11 is 0. The van der Waals surface area contributed by atoms with Gasteiger partial charge in [-0.15, -0.1) is 0 Å². The first-order valence-electron chi connectivity index (χ1n) is 7.70. The lowest BCUT2D eigenvalue weighted by atomic mass is 10.1. The monoisotopic (exact) mass is 277 g/mol. The van der Waals surface area contributed by atoms with Crippen LogP contribution in [0, 0.1) is 12.8 Å². The van der Waals surface area contributed by atoms with Crippen molar-refractivity contribution in [2.24, 2.45) is 5.92 Å². The van der Waals surface area contributed by atoms with E-state index in [-0.39, 0.29) is 0 Å². The van der Waals surface area contributed by atoms with Crippen LogP contribution in [-0.2, 0) is 11.3 Å².